The maximum absolute atomic E-state index is 11.6. The van der Waals surface area contributed by atoms with Gasteiger partial charge in [0, 0.05) is 11.2 Å². The summed E-state index contributed by atoms with van der Waals surface area (Å²) >= 11 is 4.43. The fraction of sp³-hybridized carbons (Fsp3) is 0.957. The highest BCUT2D eigenvalue weighted by atomic mass is 32.1. The van der Waals surface area contributed by atoms with Crippen LogP contribution in [0, 0.1) is 0 Å². The molecule has 0 aromatic heterocycles. The highest BCUT2D eigenvalue weighted by molar-refractivity contribution is 7.81. The van der Waals surface area contributed by atoms with Crippen LogP contribution in [0.5, 0.6) is 0 Å². The number of rotatable bonds is 19. The summed E-state index contributed by atoms with van der Waals surface area (Å²) < 4.78 is 5.19. The van der Waals surface area contributed by atoms with Gasteiger partial charge < -0.3 is 4.74 Å². The zero-order valence-electron chi connectivity index (χ0n) is 18.0. The van der Waals surface area contributed by atoms with Crippen LogP contribution in [-0.2, 0) is 9.53 Å². The van der Waals surface area contributed by atoms with Crippen molar-refractivity contribution in [2.45, 2.75) is 135 Å². The molecule has 0 spiro atoms. The van der Waals surface area contributed by atoms with Gasteiger partial charge in [-0.15, -0.1) is 0 Å². The van der Waals surface area contributed by atoms with E-state index in [1.54, 1.807) is 0 Å². The molecule has 0 rings (SSSR count). The van der Waals surface area contributed by atoms with E-state index in [2.05, 4.69) is 19.6 Å². The molecule has 0 aliphatic rings. The molecule has 0 aliphatic heterocycles. The molecule has 0 radical (unpaired) electrons. The minimum atomic E-state index is -0.0606. The Morgan fingerprint density at radius 3 is 1.50 bits per heavy atom. The molecule has 0 saturated heterocycles. The molecule has 0 bridgehead atoms. The Morgan fingerprint density at radius 2 is 1.12 bits per heavy atom. The van der Waals surface area contributed by atoms with Crippen LogP contribution >= 0.6 is 12.6 Å². The Hall–Kier alpha value is -0.180. The van der Waals surface area contributed by atoms with E-state index in [1.807, 2.05) is 13.8 Å². The molecule has 0 atom stereocenters. The predicted octanol–water partition coefficient (Wildman–Crippen LogP) is 7.89. The summed E-state index contributed by atoms with van der Waals surface area (Å²) in [6.45, 7) is 6.85. The molecule has 26 heavy (non-hydrogen) atoms. The zero-order valence-corrected chi connectivity index (χ0v) is 18.9. The molecule has 0 heterocycles. The first-order valence-electron chi connectivity index (χ1n) is 11.3. The normalized spacial score (nSPS) is 11.7. The van der Waals surface area contributed by atoms with Crippen LogP contribution in [-0.4, -0.2) is 17.3 Å². The van der Waals surface area contributed by atoms with Crippen LogP contribution in [0.15, 0.2) is 0 Å². The van der Waals surface area contributed by atoms with Crippen molar-refractivity contribution in [2.75, 3.05) is 6.61 Å². The summed E-state index contributed by atoms with van der Waals surface area (Å²) in [6, 6.07) is 0. The van der Waals surface area contributed by atoms with E-state index in [-0.39, 0.29) is 10.7 Å². The van der Waals surface area contributed by atoms with E-state index in [4.69, 9.17) is 4.74 Å². The van der Waals surface area contributed by atoms with Gasteiger partial charge in [0.2, 0.25) is 0 Å². The monoisotopic (exact) mass is 386 g/mol. The number of esters is 1. The van der Waals surface area contributed by atoms with Crippen molar-refractivity contribution < 1.29 is 9.53 Å². The van der Waals surface area contributed by atoms with Gasteiger partial charge >= 0.3 is 5.97 Å². The molecular formula is C23H46O2S. The summed E-state index contributed by atoms with van der Waals surface area (Å²) in [5, 5.41) is 0. The second-order valence-electron chi connectivity index (χ2n) is 8.48. The maximum Gasteiger partial charge on any atom is 0.305 e. The third-order valence-electron chi connectivity index (χ3n) is 4.96. The van der Waals surface area contributed by atoms with Gasteiger partial charge in [-0.3, -0.25) is 4.79 Å². The largest absolute Gasteiger partial charge is 0.466 e. The van der Waals surface area contributed by atoms with E-state index < -0.39 is 0 Å². The van der Waals surface area contributed by atoms with E-state index in [0.29, 0.717) is 13.0 Å². The first-order valence-corrected chi connectivity index (χ1v) is 11.8. The Labute approximate surface area is 169 Å². The highest BCUT2D eigenvalue weighted by Gasteiger charge is 2.12. The van der Waals surface area contributed by atoms with Gasteiger partial charge in [-0.05, 0) is 12.8 Å². The predicted molar refractivity (Wildman–Crippen MR) is 118 cm³/mol. The fourth-order valence-electron chi connectivity index (χ4n) is 3.13. The molecule has 0 aromatic carbocycles. The number of unbranched alkanes of at least 4 members (excludes halogenated alkanes) is 14. The second kappa shape index (κ2) is 18.2. The molecule has 0 saturated carbocycles. The topological polar surface area (TPSA) is 26.3 Å². The lowest BCUT2D eigenvalue weighted by Gasteiger charge is -2.16. The standard InChI is InChI=1S/C23H46O2S/c1-4-5-6-7-8-9-10-11-12-13-14-15-16-17-18-19-22(24)25-21-20-23(2,3)26/h26H,4-21H2,1-3H3. The third-order valence-corrected chi connectivity index (χ3v) is 5.18. The van der Waals surface area contributed by atoms with Crippen LogP contribution in [0.1, 0.15) is 130 Å². The van der Waals surface area contributed by atoms with Gasteiger partial charge in [0.15, 0.2) is 0 Å². The van der Waals surface area contributed by atoms with Gasteiger partial charge in [0.05, 0.1) is 6.61 Å². The van der Waals surface area contributed by atoms with E-state index >= 15 is 0 Å². The summed E-state index contributed by atoms with van der Waals surface area (Å²) in [6.07, 6.45) is 21.6. The lowest BCUT2D eigenvalue weighted by Crippen LogP contribution is -2.16. The average Bonchev–Trinajstić information content (AvgIpc) is 2.57. The average molecular weight is 387 g/mol. The molecule has 3 heteroatoms. The molecule has 0 unspecified atom stereocenters. The Balaban J connectivity index is 3.16. The van der Waals surface area contributed by atoms with Gasteiger partial charge in [-0.25, -0.2) is 0 Å². The van der Waals surface area contributed by atoms with Crippen LogP contribution in [0.25, 0.3) is 0 Å². The summed E-state index contributed by atoms with van der Waals surface area (Å²) in [4.78, 5) is 11.6. The Bertz CT molecular complexity index is 310. The molecule has 0 N–H and O–H groups in total. The Kier molecular flexibility index (Phi) is 18.1. The molecule has 0 aromatic rings. The van der Waals surface area contributed by atoms with Crippen molar-refractivity contribution in [1.29, 1.82) is 0 Å². The van der Waals surface area contributed by atoms with Gasteiger partial charge in [0.25, 0.3) is 0 Å². The van der Waals surface area contributed by atoms with Crippen molar-refractivity contribution in [3.05, 3.63) is 0 Å². The zero-order chi connectivity index (χ0) is 19.5. The quantitative estimate of drug-likeness (QED) is 0.139. The maximum atomic E-state index is 11.6. The molecule has 0 fully saturated rings. The van der Waals surface area contributed by atoms with Crippen molar-refractivity contribution in [1.82, 2.24) is 0 Å². The smallest absolute Gasteiger partial charge is 0.305 e. The number of ether oxygens (including phenoxy) is 1. The number of thiol groups is 1. The van der Waals surface area contributed by atoms with E-state index in [0.717, 1.165) is 19.3 Å². The van der Waals surface area contributed by atoms with Crippen LogP contribution in [0.4, 0.5) is 0 Å². The van der Waals surface area contributed by atoms with Crippen molar-refractivity contribution >= 4 is 18.6 Å². The van der Waals surface area contributed by atoms with E-state index in [1.165, 1.54) is 83.5 Å². The fourth-order valence-corrected chi connectivity index (χ4v) is 3.22. The van der Waals surface area contributed by atoms with Crippen molar-refractivity contribution in [3.63, 3.8) is 0 Å². The van der Waals surface area contributed by atoms with Crippen molar-refractivity contribution in [3.8, 4) is 0 Å². The Morgan fingerprint density at radius 1 is 0.731 bits per heavy atom. The summed E-state index contributed by atoms with van der Waals surface area (Å²) in [7, 11) is 0. The number of carbonyl (C=O) groups is 1. The van der Waals surface area contributed by atoms with Crippen LogP contribution in [0.3, 0.4) is 0 Å². The minimum absolute atomic E-state index is 0.0442. The van der Waals surface area contributed by atoms with Gasteiger partial charge in [0.1, 0.15) is 0 Å². The summed E-state index contributed by atoms with van der Waals surface area (Å²) in [5.41, 5.74) is 0. The summed E-state index contributed by atoms with van der Waals surface area (Å²) in [5.74, 6) is -0.0442. The first kappa shape index (κ1) is 25.8. The number of hydrogen-bond acceptors (Lipinski definition) is 3. The number of hydrogen-bond donors (Lipinski definition) is 1. The molecular weight excluding hydrogens is 340 g/mol. The van der Waals surface area contributed by atoms with Crippen molar-refractivity contribution in [2.24, 2.45) is 0 Å². The highest BCUT2D eigenvalue weighted by Crippen LogP contribution is 2.17. The minimum Gasteiger partial charge on any atom is -0.466 e. The lowest BCUT2D eigenvalue weighted by atomic mass is 10.0. The second-order valence-corrected chi connectivity index (χ2v) is 9.69. The molecule has 0 amide bonds. The molecule has 2 nitrogen and oxygen atoms in total. The van der Waals surface area contributed by atoms with E-state index in [9.17, 15) is 4.79 Å². The van der Waals surface area contributed by atoms with Crippen LogP contribution in [0.2, 0.25) is 0 Å². The molecule has 156 valence electrons. The van der Waals surface area contributed by atoms with Gasteiger partial charge in [-0.1, -0.05) is 111 Å². The van der Waals surface area contributed by atoms with Gasteiger partial charge in [-0.2, -0.15) is 12.6 Å². The number of carbonyl (C=O) groups excluding carboxylic acids is 1. The SMILES string of the molecule is CCCCCCCCCCCCCCCCCC(=O)OCCC(C)(C)S. The molecule has 0 aliphatic carbocycles. The third kappa shape index (κ3) is 21.9. The van der Waals surface area contributed by atoms with Crippen LogP contribution < -0.4 is 0 Å². The lowest BCUT2D eigenvalue weighted by molar-refractivity contribution is -0.144. The first-order chi connectivity index (χ1) is 12.5.